The second-order valence-corrected chi connectivity index (χ2v) is 5.17. The lowest BCUT2D eigenvalue weighted by Crippen LogP contribution is -1.82. The van der Waals surface area contributed by atoms with Gasteiger partial charge in [0.2, 0.25) is 0 Å². The third-order valence-electron chi connectivity index (χ3n) is 2.18. The van der Waals surface area contributed by atoms with E-state index in [2.05, 4.69) is 63.0 Å². The lowest BCUT2D eigenvalue weighted by atomic mass is 10.0. The zero-order valence-electron chi connectivity index (χ0n) is 8.22. The Kier molecular flexibility index (Phi) is 3.27. The van der Waals surface area contributed by atoms with Crippen LogP contribution in [0.1, 0.15) is 5.56 Å². The van der Waals surface area contributed by atoms with Gasteiger partial charge in [0.1, 0.15) is 0 Å². The molecule has 0 bridgehead atoms. The van der Waals surface area contributed by atoms with Gasteiger partial charge >= 0.3 is 0 Å². The van der Waals surface area contributed by atoms with E-state index < -0.39 is 0 Å². The molecule has 0 fully saturated rings. The zero-order valence-corrected chi connectivity index (χ0v) is 11.4. The van der Waals surface area contributed by atoms with Crippen molar-refractivity contribution in [2.75, 3.05) is 0 Å². The van der Waals surface area contributed by atoms with Crippen LogP contribution in [-0.2, 0) is 0 Å². The smallest absolute Gasteiger partial charge is 0.0254 e. The molecule has 0 aliphatic heterocycles. The molecular weight excluding hydrogens is 316 g/mol. The maximum Gasteiger partial charge on any atom is 0.0254 e. The molecule has 0 aliphatic rings. The van der Waals surface area contributed by atoms with Gasteiger partial charge in [-0.1, -0.05) is 55.6 Å². The average Bonchev–Trinajstić information content (AvgIpc) is 2.22. The highest BCUT2D eigenvalue weighted by Gasteiger charge is 2.03. The average molecular weight is 325 g/mol. The molecule has 0 heterocycles. The molecule has 0 aromatic heterocycles. The van der Waals surface area contributed by atoms with Crippen molar-refractivity contribution in [3.63, 3.8) is 0 Å². The molecule has 0 spiro atoms. The van der Waals surface area contributed by atoms with Crippen molar-refractivity contribution in [3.05, 3.63) is 57.0 Å². The maximum atomic E-state index is 3.55. The second-order valence-electron chi connectivity index (χ2n) is 3.40. The van der Waals surface area contributed by atoms with Crippen LogP contribution >= 0.6 is 31.9 Å². The Labute approximate surface area is 107 Å². The van der Waals surface area contributed by atoms with E-state index in [-0.39, 0.29) is 0 Å². The molecule has 1 radical (unpaired) electrons. The Bertz CT molecular complexity index is 490. The van der Waals surface area contributed by atoms with Crippen molar-refractivity contribution in [2.45, 2.75) is 6.92 Å². The highest BCUT2D eigenvalue weighted by molar-refractivity contribution is 9.11. The van der Waals surface area contributed by atoms with Gasteiger partial charge in [-0.15, -0.1) is 0 Å². The van der Waals surface area contributed by atoms with E-state index in [9.17, 15) is 0 Å². The Hall–Kier alpha value is -0.600. The van der Waals surface area contributed by atoms with Crippen molar-refractivity contribution < 1.29 is 0 Å². The summed E-state index contributed by atoms with van der Waals surface area (Å²) in [7, 11) is 0. The van der Waals surface area contributed by atoms with Crippen molar-refractivity contribution in [1.82, 2.24) is 0 Å². The van der Waals surface area contributed by atoms with Crippen LogP contribution in [0.15, 0.2) is 45.3 Å². The SMILES string of the molecule is Cc1cc[c]c(-c2cc(Br)ccc2Br)c1. The Morgan fingerprint density at radius 2 is 1.87 bits per heavy atom. The van der Waals surface area contributed by atoms with Gasteiger partial charge in [0.15, 0.2) is 0 Å². The number of rotatable bonds is 1. The fourth-order valence-corrected chi connectivity index (χ4v) is 2.26. The molecule has 0 saturated heterocycles. The highest BCUT2D eigenvalue weighted by atomic mass is 79.9. The van der Waals surface area contributed by atoms with E-state index in [0.717, 1.165) is 20.1 Å². The zero-order chi connectivity index (χ0) is 10.8. The summed E-state index contributed by atoms with van der Waals surface area (Å²) in [5.74, 6) is 0. The highest BCUT2D eigenvalue weighted by Crippen LogP contribution is 2.30. The molecular formula is C13H9Br2. The first-order chi connectivity index (χ1) is 7.16. The Morgan fingerprint density at radius 1 is 1.07 bits per heavy atom. The maximum absolute atomic E-state index is 3.55. The van der Waals surface area contributed by atoms with Gasteiger partial charge in [-0.25, -0.2) is 0 Å². The fourth-order valence-electron chi connectivity index (χ4n) is 1.44. The largest absolute Gasteiger partial charge is 0.0587 e. The van der Waals surface area contributed by atoms with Crippen molar-refractivity contribution in [2.24, 2.45) is 0 Å². The van der Waals surface area contributed by atoms with Gasteiger partial charge in [0, 0.05) is 8.95 Å². The molecule has 0 atom stereocenters. The summed E-state index contributed by atoms with van der Waals surface area (Å²) < 4.78 is 2.17. The van der Waals surface area contributed by atoms with E-state index in [1.54, 1.807) is 0 Å². The number of benzene rings is 2. The lowest BCUT2D eigenvalue weighted by Gasteiger charge is -2.05. The quantitative estimate of drug-likeness (QED) is 0.693. The normalized spacial score (nSPS) is 10.3. The van der Waals surface area contributed by atoms with Gasteiger partial charge in [-0.2, -0.15) is 0 Å². The topological polar surface area (TPSA) is 0 Å². The molecule has 0 aliphatic carbocycles. The minimum atomic E-state index is 1.08. The number of hydrogen-bond acceptors (Lipinski definition) is 0. The van der Waals surface area contributed by atoms with E-state index >= 15 is 0 Å². The Morgan fingerprint density at radius 3 is 2.60 bits per heavy atom. The molecule has 2 aromatic rings. The summed E-state index contributed by atoms with van der Waals surface area (Å²) in [6.07, 6.45) is 0. The minimum Gasteiger partial charge on any atom is -0.0587 e. The molecule has 0 saturated carbocycles. The Balaban J connectivity index is 2.58. The van der Waals surface area contributed by atoms with Crippen molar-refractivity contribution in [3.8, 4) is 11.1 Å². The van der Waals surface area contributed by atoms with Crippen molar-refractivity contribution in [1.29, 1.82) is 0 Å². The first-order valence-corrected chi connectivity index (χ1v) is 6.19. The van der Waals surface area contributed by atoms with E-state index in [0.29, 0.717) is 0 Å². The molecule has 0 N–H and O–H groups in total. The fraction of sp³-hybridized carbons (Fsp3) is 0.0769. The van der Waals surface area contributed by atoms with Crippen LogP contribution in [0.5, 0.6) is 0 Å². The van der Waals surface area contributed by atoms with Crippen LogP contribution in [0.2, 0.25) is 0 Å². The van der Waals surface area contributed by atoms with Crippen LogP contribution in [0, 0.1) is 13.0 Å². The summed E-state index contributed by atoms with van der Waals surface area (Å²) in [5, 5.41) is 0. The molecule has 2 heteroatoms. The predicted molar refractivity (Wildman–Crippen MR) is 70.9 cm³/mol. The van der Waals surface area contributed by atoms with Crippen LogP contribution in [0.3, 0.4) is 0 Å². The standard InChI is InChI=1S/C13H9Br2/c1-9-3-2-4-10(7-9)12-8-11(14)5-6-13(12)15/h2-3,5-8H,1H3. The third kappa shape index (κ3) is 2.50. The predicted octanol–water partition coefficient (Wildman–Crippen LogP) is 4.99. The number of halogens is 2. The first-order valence-electron chi connectivity index (χ1n) is 4.60. The number of aryl methyl sites for hydroxylation is 1. The van der Waals surface area contributed by atoms with Crippen LogP contribution in [0.4, 0.5) is 0 Å². The molecule has 0 unspecified atom stereocenters. The molecule has 2 aromatic carbocycles. The molecule has 15 heavy (non-hydrogen) atoms. The van der Waals surface area contributed by atoms with Gasteiger partial charge in [0.25, 0.3) is 0 Å². The van der Waals surface area contributed by atoms with Gasteiger partial charge < -0.3 is 0 Å². The van der Waals surface area contributed by atoms with Crippen LogP contribution in [-0.4, -0.2) is 0 Å². The van der Waals surface area contributed by atoms with Gasteiger partial charge in [0.05, 0.1) is 0 Å². The molecule has 0 amide bonds. The summed E-state index contributed by atoms with van der Waals surface area (Å²) >= 11 is 7.03. The van der Waals surface area contributed by atoms with E-state index in [1.807, 2.05) is 18.2 Å². The van der Waals surface area contributed by atoms with Crippen LogP contribution in [0.25, 0.3) is 11.1 Å². The third-order valence-corrected chi connectivity index (χ3v) is 3.36. The van der Waals surface area contributed by atoms with E-state index in [1.165, 1.54) is 5.56 Å². The van der Waals surface area contributed by atoms with E-state index in [4.69, 9.17) is 0 Å². The molecule has 2 rings (SSSR count). The van der Waals surface area contributed by atoms with Crippen molar-refractivity contribution >= 4 is 31.9 Å². The lowest BCUT2D eigenvalue weighted by molar-refractivity contribution is 1.45. The van der Waals surface area contributed by atoms with Gasteiger partial charge in [-0.05, 0) is 42.3 Å². The first kappa shape index (κ1) is 10.9. The minimum absolute atomic E-state index is 1.08. The second kappa shape index (κ2) is 4.50. The molecule has 0 nitrogen and oxygen atoms in total. The molecule has 75 valence electrons. The summed E-state index contributed by atoms with van der Waals surface area (Å²) in [6.45, 7) is 2.09. The van der Waals surface area contributed by atoms with Gasteiger partial charge in [-0.3, -0.25) is 0 Å². The van der Waals surface area contributed by atoms with Crippen LogP contribution < -0.4 is 0 Å². The summed E-state index contributed by atoms with van der Waals surface area (Å²) in [5.41, 5.74) is 3.52. The number of hydrogen-bond donors (Lipinski definition) is 0. The summed E-state index contributed by atoms with van der Waals surface area (Å²) in [4.78, 5) is 0. The monoisotopic (exact) mass is 323 g/mol. The summed E-state index contributed by atoms with van der Waals surface area (Å²) in [6, 6.07) is 15.5.